The van der Waals surface area contributed by atoms with E-state index in [2.05, 4.69) is 5.32 Å². The van der Waals surface area contributed by atoms with E-state index in [1.807, 2.05) is 25.1 Å². The fraction of sp³-hybridized carbons (Fsp3) is 0.300. The van der Waals surface area contributed by atoms with Crippen molar-refractivity contribution in [1.82, 2.24) is 4.90 Å². The van der Waals surface area contributed by atoms with Crippen LogP contribution >= 0.6 is 11.6 Å². The Morgan fingerprint density at radius 3 is 2.77 bits per heavy atom. The van der Waals surface area contributed by atoms with Gasteiger partial charge in [-0.05, 0) is 36.2 Å². The maximum atomic E-state index is 13.0. The third kappa shape index (κ3) is 3.53. The van der Waals surface area contributed by atoms with Crippen LogP contribution < -0.4 is 10.1 Å². The molecule has 0 spiro atoms. The molecule has 6 heteroatoms. The second-order valence-electron chi connectivity index (χ2n) is 6.23. The quantitative estimate of drug-likeness (QED) is 0.830. The Morgan fingerprint density at radius 1 is 1.31 bits per heavy atom. The summed E-state index contributed by atoms with van der Waals surface area (Å²) in [6.07, 6.45) is 1.36. The van der Waals surface area contributed by atoms with Crippen LogP contribution in [0.5, 0.6) is 5.75 Å². The van der Waals surface area contributed by atoms with Crippen molar-refractivity contribution in [2.24, 2.45) is 0 Å². The number of nitrogens with one attached hydrogen (secondary N) is 1. The molecule has 2 aromatic carbocycles. The van der Waals surface area contributed by atoms with Gasteiger partial charge in [-0.3, -0.25) is 9.59 Å². The summed E-state index contributed by atoms with van der Waals surface area (Å²) >= 11 is 6.04. The molecule has 0 bridgehead atoms. The molecule has 0 aliphatic carbocycles. The number of nitrogens with zero attached hydrogens (tertiary/aromatic N) is 1. The van der Waals surface area contributed by atoms with Gasteiger partial charge in [0, 0.05) is 17.1 Å². The van der Waals surface area contributed by atoms with Gasteiger partial charge in [-0.25, -0.2) is 0 Å². The Morgan fingerprint density at radius 2 is 2.08 bits per heavy atom. The summed E-state index contributed by atoms with van der Waals surface area (Å²) in [5, 5.41) is 3.37. The van der Waals surface area contributed by atoms with Crippen molar-refractivity contribution in [2.75, 3.05) is 12.4 Å². The second-order valence-corrected chi connectivity index (χ2v) is 6.66. The molecule has 5 nitrogen and oxygen atoms in total. The summed E-state index contributed by atoms with van der Waals surface area (Å²) in [6.45, 7) is 2.44. The number of carbonyl (C=O) groups is 2. The van der Waals surface area contributed by atoms with Gasteiger partial charge < -0.3 is 15.0 Å². The molecule has 0 fully saturated rings. The van der Waals surface area contributed by atoms with E-state index in [1.165, 1.54) is 7.11 Å². The van der Waals surface area contributed by atoms with Gasteiger partial charge in [-0.2, -0.15) is 0 Å². The zero-order valence-electron chi connectivity index (χ0n) is 14.8. The normalized spacial score (nSPS) is 14.1. The Balaban J connectivity index is 1.84. The monoisotopic (exact) mass is 372 g/mol. The van der Waals surface area contributed by atoms with E-state index >= 15 is 0 Å². The summed E-state index contributed by atoms with van der Waals surface area (Å²) in [6, 6.07) is 12.0. The average Bonchev–Trinajstić information content (AvgIpc) is 2.96. The number of ether oxygens (including phenoxy) is 1. The summed E-state index contributed by atoms with van der Waals surface area (Å²) in [5.74, 6) is 0.176. The van der Waals surface area contributed by atoms with Gasteiger partial charge in [0.25, 0.3) is 5.91 Å². The van der Waals surface area contributed by atoms with Crippen molar-refractivity contribution in [1.29, 1.82) is 0 Å². The molecule has 0 saturated heterocycles. The smallest absolute Gasteiger partial charge is 0.255 e. The molecule has 1 heterocycles. The molecule has 0 radical (unpaired) electrons. The van der Waals surface area contributed by atoms with Crippen LogP contribution in [0.25, 0.3) is 0 Å². The lowest BCUT2D eigenvalue weighted by Gasteiger charge is -2.27. The molecular formula is C20H21ClN2O3. The van der Waals surface area contributed by atoms with Crippen molar-refractivity contribution in [3.63, 3.8) is 0 Å². The molecule has 1 aliphatic heterocycles. The van der Waals surface area contributed by atoms with Gasteiger partial charge in [0.05, 0.1) is 12.8 Å². The molecule has 1 atom stereocenters. The molecule has 26 heavy (non-hydrogen) atoms. The Labute approximate surface area is 157 Å². The maximum Gasteiger partial charge on any atom is 0.255 e. The largest absolute Gasteiger partial charge is 0.495 e. The average molecular weight is 373 g/mol. The van der Waals surface area contributed by atoms with Gasteiger partial charge in [0.15, 0.2) is 0 Å². The number of benzene rings is 2. The minimum absolute atomic E-state index is 0.104. The number of rotatable bonds is 6. The zero-order valence-corrected chi connectivity index (χ0v) is 15.5. The molecule has 136 valence electrons. The fourth-order valence-corrected chi connectivity index (χ4v) is 3.40. The second kappa shape index (κ2) is 7.79. The van der Waals surface area contributed by atoms with E-state index < -0.39 is 6.04 Å². The first-order chi connectivity index (χ1) is 12.5. The summed E-state index contributed by atoms with van der Waals surface area (Å²) in [5.41, 5.74) is 2.11. The van der Waals surface area contributed by atoms with Crippen molar-refractivity contribution in [2.45, 2.75) is 32.4 Å². The predicted octanol–water partition coefficient (Wildman–Crippen LogP) is 4.11. The van der Waals surface area contributed by atoms with Crippen molar-refractivity contribution in [3.8, 4) is 5.75 Å². The van der Waals surface area contributed by atoms with Crippen LogP contribution in [-0.2, 0) is 11.3 Å². The first kappa shape index (κ1) is 18.3. The van der Waals surface area contributed by atoms with E-state index in [9.17, 15) is 9.59 Å². The lowest BCUT2D eigenvalue weighted by atomic mass is 10.1. The molecule has 1 N–H and O–H groups in total. The molecule has 0 aromatic heterocycles. The number of carbonyl (C=O) groups excluding carboxylic acids is 2. The summed E-state index contributed by atoms with van der Waals surface area (Å²) in [4.78, 5) is 27.3. The molecule has 0 unspecified atom stereocenters. The molecular weight excluding hydrogens is 352 g/mol. The maximum absolute atomic E-state index is 13.0. The lowest BCUT2D eigenvalue weighted by Crippen LogP contribution is -2.44. The Kier molecular flexibility index (Phi) is 5.47. The molecule has 0 saturated carbocycles. The van der Waals surface area contributed by atoms with Gasteiger partial charge >= 0.3 is 0 Å². The topological polar surface area (TPSA) is 58.6 Å². The van der Waals surface area contributed by atoms with E-state index in [0.29, 0.717) is 35.0 Å². The zero-order chi connectivity index (χ0) is 18.7. The first-order valence-electron chi connectivity index (χ1n) is 8.58. The van der Waals surface area contributed by atoms with Crippen molar-refractivity contribution >= 4 is 29.1 Å². The van der Waals surface area contributed by atoms with Crippen LogP contribution in [0.2, 0.25) is 5.02 Å². The highest BCUT2D eigenvalue weighted by Crippen LogP contribution is 2.30. The van der Waals surface area contributed by atoms with Crippen LogP contribution in [0, 0.1) is 0 Å². The highest BCUT2D eigenvalue weighted by molar-refractivity contribution is 6.31. The molecule has 1 aliphatic rings. The van der Waals surface area contributed by atoms with Gasteiger partial charge in [-0.15, -0.1) is 0 Å². The number of hydrogen-bond acceptors (Lipinski definition) is 3. The van der Waals surface area contributed by atoms with Gasteiger partial charge in [-0.1, -0.05) is 43.1 Å². The highest BCUT2D eigenvalue weighted by atomic mass is 35.5. The minimum atomic E-state index is -0.552. The predicted molar refractivity (Wildman–Crippen MR) is 102 cm³/mol. The van der Waals surface area contributed by atoms with E-state index in [0.717, 1.165) is 12.0 Å². The molecule has 2 aromatic rings. The van der Waals surface area contributed by atoms with Crippen LogP contribution in [0.1, 0.15) is 35.7 Å². The van der Waals surface area contributed by atoms with Crippen LogP contribution in [0.3, 0.4) is 0 Å². The first-order valence-corrected chi connectivity index (χ1v) is 8.96. The number of amides is 2. The number of anilines is 1. The summed E-state index contributed by atoms with van der Waals surface area (Å²) in [7, 11) is 1.53. The highest BCUT2D eigenvalue weighted by Gasteiger charge is 2.35. The Hall–Kier alpha value is -2.53. The number of halogens is 1. The molecule has 3 rings (SSSR count). The van der Waals surface area contributed by atoms with Crippen LogP contribution in [0.4, 0.5) is 5.69 Å². The Bertz CT molecular complexity index is 838. The summed E-state index contributed by atoms with van der Waals surface area (Å²) < 4.78 is 5.28. The van der Waals surface area contributed by atoms with Gasteiger partial charge in [0.1, 0.15) is 11.8 Å². The SMILES string of the molecule is CCC[C@@H](C(=O)Nc1cc(Cl)ccc1OC)N1Cc2ccccc2C1=O. The van der Waals surface area contributed by atoms with Crippen LogP contribution in [0.15, 0.2) is 42.5 Å². The number of hydrogen-bond donors (Lipinski definition) is 1. The van der Waals surface area contributed by atoms with Gasteiger partial charge in [0.2, 0.25) is 5.91 Å². The number of fused-ring (bicyclic) bond motifs is 1. The van der Waals surface area contributed by atoms with Crippen LogP contribution in [-0.4, -0.2) is 29.9 Å². The fourth-order valence-electron chi connectivity index (χ4n) is 3.22. The van der Waals surface area contributed by atoms with E-state index in [1.54, 1.807) is 29.2 Å². The standard InChI is InChI=1S/C20H21ClN2O3/c1-3-6-17(23-12-13-7-4-5-8-15(13)20(23)25)19(24)22-16-11-14(21)9-10-18(16)26-2/h4-5,7-11,17H,3,6,12H2,1-2H3,(H,22,24)/t17-/m0/s1. The lowest BCUT2D eigenvalue weighted by molar-refractivity contribution is -0.120. The van der Waals surface area contributed by atoms with Crippen molar-refractivity contribution < 1.29 is 14.3 Å². The minimum Gasteiger partial charge on any atom is -0.495 e. The molecule has 2 amide bonds. The third-order valence-corrected chi connectivity index (χ3v) is 4.74. The van der Waals surface area contributed by atoms with E-state index in [-0.39, 0.29) is 11.8 Å². The number of methoxy groups -OCH3 is 1. The van der Waals surface area contributed by atoms with E-state index in [4.69, 9.17) is 16.3 Å². The van der Waals surface area contributed by atoms with Crippen molar-refractivity contribution in [3.05, 3.63) is 58.6 Å². The third-order valence-electron chi connectivity index (χ3n) is 4.51.